The summed E-state index contributed by atoms with van der Waals surface area (Å²) in [6, 6.07) is 10.6. The van der Waals surface area contributed by atoms with Gasteiger partial charge < -0.3 is 14.8 Å². The molecular weight excluding hydrogens is 264 g/mol. The van der Waals surface area contributed by atoms with E-state index in [1.165, 1.54) is 0 Å². The molecule has 0 spiro atoms. The van der Waals surface area contributed by atoms with Crippen LogP contribution in [0.4, 0.5) is 0 Å². The fourth-order valence-corrected chi connectivity index (χ4v) is 2.89. The largest absolute Gasteiger partial charge is 0.489 e. The number of para-hydroxylation sites is 1. The lowest BCUT2D eigenvalue weighted by Gasteiger charge is -2.31. The standard InChI is InChI=1S/C17H24N2O2/c1-13(12-20-2)19-15-7-9-16(10-8-15)21-17-6-4-3-5-14(17)11-18/h3-6,13,15-16,19H,7-10,12H2,1-2H3/t13-,15?,16?/m0/s1. The Morgan fingerprint density at radius 2 is 2.00 bits per heavy atom. The topological polar surface area (TPSA) is 54.3 Å². The molecule has 0 aliphatic heterocycles. The van der Waals surface area contributed by atoms with E-state index in [0.717, 1.165) is 32.3 Å². The fraction of sp³-hybridized carbons (Fsp3) is 0.588. The lowest BCUT2D eigenvalue weighted by Crippen LogP contribution is -2.42. The van der Waals surface area contributed by atoms with Crippen molar-refractivity contribution in [2.24, 2.45) is 0 Å². The first kappa shape index (κ1) is 15.8. The van der Waals surface area contributed by atoms with E-state index in [1.54, 1.807) is 13.2 Å². The molecule has 114 valence electrons. The minimum Gasteiger partial charge on any atom is -0.489 e. The molecule has 1 fully saturated rings. The number of benzene rings is 1. The van der Waals surface area contributed by atoms with Crippen LogP contribution in [0.1, 0.15) is 38.2 Å². The van der Waals surface area contributed by atoms with E-state index < -0.39 is 0 Å². The predicted octanol–water partition coefficient (Wildman–Crippen LogP) is 2.87. The Balaban J connectivity index is 1.80. The second-order valence-electron chi connectivity index (χ2n) is 5.72. The van der Waals surface area contributed by atoms with Crippen molar-refractivity contribution >= 4 is 0 Å². The summed E-state index contributed by atoms with van der Waals surface area (Å²) in [5.74, 6) is 0.712. The van der Waals surface area contributed by atoms with Gasteiger partial charge in [-0.1, -0.05) is 12.1 Å². The second-order valence-corrected chi connectivity index (χ2v) is 5.72. The molecule has 4 heteroatoms. The van der Waals surface area contributed by atoms with Crippen LogP contribution in [0.25, 0.3) is 0 Å². The molecule has 1 aromatic carbocycles. The highest BCUT2D eigenvalue weighted by atomic mass is 16.5. The van der Waals surface area contributed by atoms with Crippen LogP contribution >= 0.6 is 0 Å². The zero-order chi connectivity index (χ0) is 15.1. The van der Waals surface area contributed by atoms with Gasteiger partial charge in [0, 0.05) is 19.2 Å². The van der Waals surface area contributed by atoms with Crippen molar-refractivity contribution in [3.63, 3.8) is 0 Å². The minimum atomic E-state index is 0.218. The van der Waals surface area contributed by atoms with Gasteiger partial charge in [0.2, 0.25) is 0 Å². The first-order valence-electron chi connectivity index (χ1n) is 7.63. The van der Waals surface area contributed by atoms with Crippen molar-refractivity contribution in [3.8, 4) is 11.8 Å². The van der Waals surface area contributed by atoms with Crippen molar-refractivity contribution in [1.82, 2.24) is 5.32 Å². The van der Waals surface area contributed by atoms with Gasteiger partial charge in [-0.05, 0) is 44.7 Å². The number of hydrogen-bond acceptors (Lipinski definition) is 4. The first-order valence-corrected chi connectivity index (χ1v) is 7.63. The summed E-state index contributed by atoms with van der Waals surface area (Å²) in [6.07, 6.45) is 4.48. The molecule has 0 radical (unpaired) electrons. The Hall–Kier alpha value is -1.57. The number of hydrogen-bond donors (Lipinski definition) is 1. The Labute approximate surface area is 127 Å². The van der Waals surface area contributed by atoms with E-state index in [9.17, 15) is 0 Å². The zero-order valence-electron chi connectivity index (χ0n) is 12.8. The highest BCUT2D eigenvalue weighted by Crippen LogP contribution is 2.26. The second kappa shape index (κ2) is 8.02. The maximum atomic E-state index is 9.09. The van der Waals surface area contributed by atoms with Gasteiger partial charge in [-0.25, -0.2) is 0 Å². The summed E-state index contributed by atoms with van der Waals surface area (Å²) in [6.45, 7) is 2.89. The lowest BCUT2D eigenvalue weighted by molar-refractivity contribution is 0.124. The molecule has 0 amide bonds. The number of nitriles is 1. The molecule has 1 N–H and O–H groups in total. The maximum absolute atomic E-state index is 9.09. The van der Waals surface area contributed by atoms with E-state index in [2.05, 4.69) is 18.3 Å². The van der Waals surface area contributed by atoms with Gasteiger partial charge in [0.05, 0.1) is 18.3 Å². The van der Waals surface area contributed by atoms with E-state index in [0.29, 0.717) is 23.4 Å². The van der Waals surface area contributed by atoms with Gasteiger partial charge in [-0.3, -0.25) is 0 Å². The summed E-state index contributed by atoms with van der Waals surface area (Å²) in [7, 11) is 1.73. The third kappa shape index (κ3) is 4.73. The summed E-state index contributed by atoms with van der Waals surface area (Å²) in [5.41, 5.74) is 0.617. The fourth-order valence-electron chi connectivity index (χ4n) is 2.89. The average Bonchev–Trinajstić information content (AvgIpc) is 2.50. The van der Waals surface area contributed by atoms with E-state index in [4.69, 9.17) is 14.7 Å². The van der Waals surface area contributed by atoms with Crippen molar-refractivity contribution in [2.75, 3.05) is 13.7 Å². The van der Waals surface area contributed by atoms with Crippen LogP contribution in [0.3, 0.4) is 0 Å². The van der Waals surface area contributed by atoms with E-state index in [1.807, 2.05) is 18.2 Å². The molecule has 1 atom stereocenters. The third-order valence-electron chi connectivity index (χ3n) is 3.91. The quantitative estimate of drug-likeness (QED) is 0.874. The number of ether oxygens (including phenoxy) is 2. The Morgan fingerprint density at radius 3 is 2.67 bits per heavy atom. The normalized spacial score (nSPS) is 23.3. The lowest BCUT2D eigenvalue weighted by atomic mass is 9.92. The summed E-state index contributed by atoms with van der Waals surface area (Å²) >= 11 is 0. The molecule has 1 saturated carbocycles. The first-order chi connectivity index (χ1) is 10.2. The van der Waals surface area contributed by atoms with Gasteiger partial charge in [0.25, 0.3) is 0 Å². The molecule has 4 nitrogen and oxygen atoms in total. The summed E-state index contributed by atoms with van der Waals surface area (Å²) in [4.78, 5) is 0. The Kier molecular flexibility index (Phi) is 6.04. The molecule has 0 saturated heterocycles. The summed E-state index contributed by atoms with van der Waals surface area (Å²) < 4.78 is 11.2. The average molecular weight is 288 g/mol. The van der Waals surface area contributed by atoms with Crippen molar-refractivity contribution in [3.05, 3.63) is 29.8 Å². The molecule has 1 aliphatic rings. The molecule has 0 aromatic heterocycles. The highest BCUT2D eigenvalue weighted by molar-refractivity contribution is 5.42. The van der Waals surface area contributed by atoms with Gasteiger partial charge in [0.1, 0.15) is 11.8 Å². The Morgan fingerprint density at radius 1 is 1.29 bits per heavy atom. The Bertz CT molecular complexity index is 476. The molecule has 0 unspecified atom stereocenters. The van der Waals surface area contributed by atoms with Crippen LogP contribution < -0.4 is 10.1 Å². The molecule has 1 aliphatic carbocycles. The maximum Gasteiger partial charge on any atom is 0.137 e. The van der Waals surface area contributed by atoms with Gasteiger partial charge in [-0.2, -0.15) is 5.26 Å². The van der Waals surface area contributed by atoms with Crippen molar-refractivity contribution < 1.29 is 9.47 Å². The molecule has 0 heterocycles. The monoisotopic (exact) mass is 288 g/mol. The van der Waals surface area contributed by atoms with Crippen LogP contribution in [0, 0.1) is 11.3 Å². The van der Waals surface area contributed by atoms with Crippen molar-refractivity contribution in [1.29, 1.82) is 5.26 Å². The van der Waals surface area contributed by atoms with Gasteiger partial charge in [0.15, 0.2) is 0 Å². The number of nitrogens with one attached hydrogen (secondary N) is 1. The molecular formula is C17H24N2O2. The van der Waals surface area contributed by atoms with Crippen LogP contribution in [-0.2, 0) is 4.74 Å². The van der Waals surface area contributed by atoms with Crippen molar-refractivity contribution in [2.45, 2.75) is 50.8 Å². The minimum absolute atomic E-state index is 0.218. The van der Waals surface area contributed by atoms with E-state index in [-0.39, 0.29) is 6.10 Å². The van der Waals surface area contributed by atoms with Crippen LogP contribution in [-0.4, -0.2) is 31.9 Å². The zero-order valence-corrected chi connectivity index (χ0v) is 12.8. The highest BCUT2D eigenvalue weighted by Gasteiger charge is 2.23. The predicted molar refractivity (Wildman–Crippen MR) is 82.3 cm³/mol. The number of methoxy groups -OCH3 is 1. The summed E-state index contributed by atoms with van der Waals surface area (Å²) in [5, 5.41) is 12.7. The molecule has 1 aromatic rings. The van der Waals surface area contributed by atoms with Crippen LogP contribution in [0.15, 0.2) is 24.3 Å². The third-order valence-corrected chi connectivity index (χ3v) is 3.91. The SMILES string of the molecule is COC[C@H](C)NC1CCC(Oc2ccccc2C#N)CC1. The molecule has 0 bridgehead atoms. The van der Waals surface area contributed by atoms with Gasteiger partial charge in [-0.15, -0.1) is 0 Å². The molecule has 2 rings (SSSR count). The van der Waals surface area contributed by atoms with Gasteiger partial charge >= 0.3 is 0 Å². The van der Waals surface area contributed by atoms with Crippen LogP contribution in [0.2, 0.25) is 0 Å². The molecule has 21 heavy (non-hydrogen) atoms. The van der Waals surface area contributed by atoms with Crippen LogP contribution in [0.5, 0.6) is 5.75 Å². The van der Waals surface area contributed by atoms with E-state index >= 15 is 0 Å². The smallest absolute Gasteiger partial charge is 0.137 e. The number of nitrogens with zero attached hydrogens (tertiary/aromatic N) is 1. The number of rotatable bonds is 6.